The van der Waals surface area contributed by atoms with Crippen LogP contribution in [0.1, 0.15) is 5.69 Å². The molecule has 0 aliphatic carbocycles. The summed E-state index contributed by atoms with van der Waals surface area (Å²) in [7, 11) is 4.08. The Morgan fingerprint density at radius 1 is 1.00 bits per heavy atom. The van der Waals surface area contributed by atoms with Crippen molar-refractivity contribution < 1.29 is 4.57 Å². The smallest absolute Gasteiger partial charge is 0.214 e. The molecule has 1 aliphatic rings. The second-order valence-corrected chi connectivity index (χ2v) is 8.21. The van der Waals surface area contributed by atoms with Crippen LogP contribution in [-0.4, -0.2) is 7.05 Å². The maximum absolute atomic E-state index is 6.20. The maximum Gasteiger partial charge on any atom is 0.214 e. The minimum Gasteiger partial charge on any atom is -0.338 e. The maximum atomic E-state index is 6.20. The lowest BCUT2D eigenvalue weighted by Crippen LogP contribution is -2.33. The predicted octanol–water partition coefficient (Wildman–Crippen LogP) is 6.17. The van der Waals surface area contributed by atoms with Gasteiger partial charge in [-0.25, -0.2) is 0 Å². The van der Waals surface area contributed by atoms with Gasteiger partial charge in [-0.15, -0.1) is 0 Å². The topological polar surface area (TPSA) is 7.12 Å². The molecule has 0 atom stereocenters. The third kappa shape index (κ3) is 3.00. The lowest BCUT2D eigenvalue weighted by atomic mass is 10.2. The number of halogens is 3. The number of hydrogen-bond acceptors (Lipinski definition) is 2. The van der Waals surface area contributed by atoms with Crippen LogP contribution < -0.4 is 9.47 Å². The highest BCUT2D eigenvalue weighted by atomic mass is 35.5. The minimum atomic E-state index is 0.559. The summed E-state index contributed by atoms with van der Waals surface area (Å²) in [4.78, 5) is 3.36. The van der Waals surface area contributed by atoms with Crippen LogP contribution in [0.2, 0.25) is 15.1 Å². The number of pyridine rings is 1. The van der Waals surface area contributed by atoms with E-state index in [1.165, 1.54) is 4.90 Å². The standard InChI is InChI=1S/C19H14Cl3N2S/c1-23-13(5-3-11-7-14(21)15(22)10-16(11)23)9-19-24(2)17-8-12(20)4-6-18(17)25-19/h3-10H,1-2H3/q+1. The molecule has 25 heavy (non-hydrogen) atoms. The minimum absolute atomic E-state index is 0.559. The second kappa shape index (κ2) is 6.40. The zero-order valence-corrected chi connectivity index (χ0v) is 16.6. The van der Waals surface area contributed by atoms with Gasteiger partial charge in [-0.1, -0.05) is 46.6 Å². The Kier molecular flexibility index (Phi) is 4.37. The van der Waals surface area contributed by atoms with Crippen LogP contribution in [0, 0.1) is 0 Å². The molecule has 0 saturated carbocycles. The van der Waals surface area contributed by atoms with Gasteiger partial charge in [0.05, 0.1) is 20.8 Å². The number of aromatic nitrogens is 1. The first-order valence-electron chi connectivity index (χ1n) is 7.64. The van der Waals surface area contributed by atoms with E-state index in [1.54, 1.807) is 11.8 Å². The number of thioether (sulfide) groups is 1. The van der Waals surface area contributed by atoms with E-state index in [-0.39, 0.29) is 0 Å². The molecule has 4 rings (SSSR count). The van der Waals surface area contributed by atoms with Gasteiger partial charge < -0.3 is 4.90 Å². The zero-order chi connectivity index (χ0) is 17.7. The molecule has 126 valence electrons. The predicted molar refractivity (Wildman–Crippen MR) is 109 cm³/mol. The highest BCUT2D eigenvalue weighted by Crippen LogP contribution is 2.46. The average molecular weight is 409 g/mol. The molecule has 1 aromatic heterocycles. The van der Waals surface area contributed by atoms with E-state index in [9.17, 15) is 0 Å². The van der Waals surface area contributed by atoms with Crippen molar-refractivity contribution in [2.75, 3.05) is 11.9 Å². The molecule has 2 nitrogen and oxygen atoms in total. The fraction of sp³-hybridized carbons (Fsp3) is 0.105. The Bertz CT molecular complexity index is 1050. The first-order valence-corrected chi connectivity index (χ1v) is 9.60. The molecule has 0 fully saturated rings. The van der Waals surface area contributed by atoms with Crippen LogP contribution in [-0.2, 0) is 7.05 Å². The van der Waals surface area contributed by atoms with Crippen LogP contribution in [0.4, 0.5) is 5.69 Å². The van der Waals surface area contributed by atoms with Crippen molar-refractivity contribution in [2.45, 2.75) is 4.90 Å². The van der Waals surface area contributed by atoms with Crippen LogP contribution in [0.3, 0.4) is 0 Å². The third-order valence-corrected chi connectivity index (χ3v) is 6.47. The van der Waals surface area contributed by atoms with E-state index in [0.717, 1.165) is 32.3 Å². The van der Waals surface area contributed by atoms with Gasteiger partial charge in [-0.2, -0.15) is 4.57 Å². The Morgan fingerprint density at radius 2 is 1.76 bits per heavy atom. The van der Waals surface area contributed by atoms with Gasteiger partial charge in [0, 0.05) is 40.6 Å². The molecule has 0 amide bonds. The molecular formula is C19H14Cl3N2S+. The normalized spacial score (nSPS) is 15.2. The lowest BCUT2D eigenvalue weighted by Gasteiger charge is -2.13. The third-order valence-electron chi connectivity index (χ3n) is 4.35. The number of fused-ring (bicyclic) bond motifs is 2. The SMILES string of the molecule is CN1/C(=C/c2ccc3cc(Cl)c(Cl)cc3[n+]2C)Sc2ccc(Cl)cc21. The Labute approximate surface area is 165 Å². The van der Waals surface area contributed by atoms with E-state index >= 15 is 0 Å². The highest BCUT2D eigenvalue weighted by Gasteiger charge is 2.24. The molecule has 0 spiro atoms. The van der Waals surface area contributed by atoms with Gasteiger partial charge in [0.25, 0.3) is 0 Å². The van der Waals surface area contributed by atoms with Crippen LogP contribution in [0.15, 0.2) is 52.4 Å². The van der Waals surface area contributed by atoms with Crippen molar-refractivity contribution in [1.29, 1.82) is 0 Å². The van der Waals surface area contributed by atoms with Gasteiger partial charge in [0.1, 0.15) is 7.05 Å². The van der Waals surface area contributed by atoms with Gasteiger partial charge >= 0.3 is 0 Å². The first kappa shape index (κ1) is 17.0. The van der Waals surface area contributed by atoms with Gasteiger partial charge in [-0.3, -0.25) is 0 Å². The fourth-order valence-corrected chi connectivity index (χ4v) is 4.51. The molecule has 3 aromatic rings. The Balaban J connectivity index is 1.80. The molecule has 0 saturated heterocycles. The number of rotatable bonds is 1. The van der Waals surface area contributed by atoms with Crippen molar-refractivity contribution >= 4 is 69.2 Å². The second-order valence-electron chi connectivity index (χ2n) is 5.90. The van der Waals surface area contributed by atoms with E-state index in [4.69, 9.17) is 34.8 Å². The quantitative estimate of drug-likeness (QED) is 0.445. The number of anilines is 1. The van der Waals surface area contributed by atoms with Crippen LogP contribution >= 0.6 is 46.6 Å². The van der Waals surface area contributed by atoms with E-state index in [2.05, 4.69) is 40.8 Å². The molecular weight excluding hydrogens is 395 g/mol. The Hall–Kier alpha value is -1.39. The van der Waals surface area contributed by atoms with Gasteiger partial charge in [0.2, 0.25) is 11.2 Å². The fourth-order valence-electron chi connectivity index (χ4n) is 2.94. The first-order chi connectivity index (χ1) is 11.9. The van der Waals surface area contributed by atoms with Crippen LogP contribution in [0.25, 0.3) is 17.0 Å². The molecule has 0 radical (unpaired) electrons. The summed E-state index contributed by atoms with van der Waals surface area (Å²) < 4.78 is 2.12. The monoisotopic (exact) mass is 407 g/mol. The van der Waals surface area contributed by atoms with Crippen LogP contribution in [0.5, 0.6) is 0 Å². The summed E-state index contributed by atoms with van der Waals surface area (Å²) >= 11 is 20.2. The van der Waals surface area contributed by atoms with Crippen molar-refractivity contribution in [3.8, 4) is 0 Å². The molecule has 6 heteroatoms. The largest absolute Gasteiger partial charge is 0.338 e. The summed E-state index contributed by atoms with van der Waals surface area (Å²) in [5.74, 6) is 0. The molecule has 1 aliphatic heterocycles. The number of nitrogens with zero attached hydrogens (tertiary/aromatic N) is 2. The van der Waals surface area contributed by atoms with Gasteiger partial charge in [0.15, 0.2) is 0 Å². The molecule has 0 N–H and O–H groups in total. The molecule has 0 unspecified atom stereocenters. The van der Waals surface area contributed by atoms with E-state index in [1.807, 2.05) is 31.3 Å². The lowest BCUT2D eigenvalue weighted by molar-refractivity contribution is -0.646. The number of aryl methyl sites for hydroxylation is 1. The van der Waals surface area contributed by atoms with Crippen molar-refractivity contribution in [1.82, 2.24) is 0 Å². The molecule has 2 heterocycles. The molecule has 2 aromatic carbocycles. The number of benzene rings is 2. The van der Waals surface area contributed by atoms with Gasteiger partial charge in [-0.05, 0) is 30.3 Å². The van der Waals surface area contributed by atoms with Crippen molar-refractivity contribution in [3.63, 3.8) is 0 Å². The van der Waals surface area contributed by atoms with E-state index in [0.29, 0.717) is 10.0 Å². The van der Waals surface area contributed by atoms with Crippen molar-refractivity contribution in [3.05, 3.63) is 68.3 Å². The average Bonchev–Trinajstić information content (AvgIpc) is 2.88. The van der Waals surface area contributed by atoms with E-state index < -0.39 is 0 Å². The summed E-state index contributed by atoms with van der Waals surface area (Å²) in [6.45, 7) is 0. The Morgan fingerprint density at radius 3 is 2.56 bits per heavy atom. The molecule has 0 bridgehead atoms. The summed E-state index contributed by atoms with van der Waals surface area (Å²) in [6, 6.07) is 13.9. The van der Waals surface area contributed by atoms with Crippen molar-refractivity contribution in [2.24, 2.45) is 7.05 Å². The zero-order valence-electron chi connectivity index (χ0n) is 13.6. The highest BCUT2D eigenvalue weighted by molar-refractivity contribution is 8.03. The number of hydrogen-bond donors (Lipinski definition) is 0. The summed E-state index contributed by atoms with van der Waals surface area (Å²) in [5.41, 5.74) is 3.25. The summed E-state index contributed by atoms with van der Waals surface area (Å²) in [6.07, 6.45) is 2.17. The summed E-state index contributed by atoms with van der Waals surface area (Å²) in [5, 5.41) is 4.08.